The second-order valence-corrected chi connectivity index (χ2v) is 8.23. The van der Waals surface area contributed by atoms with Gasteiger partial charge in [-0.2, -0.15) is 0 Å². The van der Waals surface area contributed by atoms with Crippen LogP contribution in [0.2, 0.25) is 0 Å². The minimum atomic E-state index is -0.0691. The third-order valence-electron chi connectivity index (χ3n) is 3.24. The van der Waals surface area contributed by atoms with Gasteiger partial charge in [0.1, 0.15) is 5.01 Å². The molecule has 1 aromatic carbocycles. The molecule has 0 saturated carbocycles. The first kappa shape index (κ1) is 17.1. The van der Waals surface area contributed by atoms with E-state index in [-0.39, 0.29) is 5.91 Å². The molecule has 1 N–H and O–H groups in total. The Morgan fingerprint density at radius 3 is 2.71 bits per heavy atom. The molecule has 0 radical (unpaired) electrons. The molecule has 0 bridgehead atoms. The highest BCUT2D eigenvalue weighted by Gasteiger charge is 2.12. The molecule has 2 heterocycles. The number of hydrogen-bond acceptors (Lipinski definition) is 6. The van der Waals surface area contributed by atoms with E-state index in [1.165, 1.54) is 0 Å². The van der Waals surface area contributed by atoms with Crippen molar-refractivity contribution in [3.63, 3.8) is 0 Å². The van der Waals surface area contributed by atoms with E-state index < -0.39 is 0 Å². The Bertz CT molecular complexity index is 841. The van der Waals surface area contributed by atoms with Crippen molar-refractivity contribution in [3.8, 4) is 0 Å². The zero-order valence-electron chi connectivity index (χ0n) is 13.4. The number of carbonyl (C=O) groups excluding carboxylic acids is 1. The minimum absolute atomic E-state index is 0.0691. The summed E-state index contributed by atoms with van der Waals surface area (Å²) < 4.78 is 0. The summed E-state index contributed by atoms with van der Waals surface area (Å²) in [6.45, 7) is 4.41. The summed E-state index contributed by atoms with van der Waals surface area (Å²) >= 11 is 4.85. The van der Waals surface area contributed by atoms with E-state index >= 15 is 0 Å². The lowest BCUT2D eigenvalue weighted by Crippen LogP contribution is -2.23. The first-order chi connectivity index (χ1) is 11.6. The van der Waals surface area contributed by atoms with Crippen molar-refractivity contribution in [1.29, 1.82) is 0 Å². The molecule has 0 fully saturated rings. The second-order valence-electron chi connectivity index (χ2n) is 5.21. The molecule has 1 amide bonds. The maximum Gasteiger partial charge on any atom is 0.252 e. The average Bonchev–Trinajstić information content (AvgIpc) is 3.19. The van der Waals surface area contributed by atoms with Gasteiger partial charge in [0.05, 0.1) is 22.8 Å². The Morgan fingerprint density at radius 1 is 1.17 bits per heavy atom. The Balaban J connectivity index is 1.65. The summed E-state index contributed by atoms with van der Waals surface area (Å²) in [5, 5.41) is 8.99. The van der Waals surface area contributed by atoms with E-state index in [2.05, 4.69) is 20.7 Å². The fraction of sp³-hybridized carbons (Fsp3) is 0.235. The summed E-state index contributed by atoms with van der Waals surface area (Å²) in [5.74, 6) is 0.695. The van der Waals surface area contributed by atoms with E-state index in [1.54, 1.807) is 34.4 Å². The minimum Gasteiger partial charge on any atom is -0.345 e. The SMILES string of the molecule is Cc1csc(CNC(=O)c2ccccc2SCc2csc(C)n2)n1. The van der Waals surface area contributed by atoms with Crippen LogP contribution < -0.4 is 5.32 Å². The van der Waals surface area contributed by atoms with Crippen molar-refractivity contribution in [2.75, 3.05) is 0 Å². The molecule has 0 unspecified atom stereocenters. The number of amides is 1. The summed E-state index contributed by atoms with van der Waals surface area (Å²) in [4.78, 5) is 22.3. The molecule has 4 nitrogen and oxygen atoms in total. The number of thioether (sulfide) groups is 1. The van der Waals surface area contributed by atoms with Gasteiger partial charge in [0.2, 0.25) is 0 Å². The standard InChI is InChI=1S/C17H17N3OS3/c1-11-8-24-16(19-11)7-18-17(21)14-5-3-4-6-15(14)23-10-13-9-22-12(2)20-13/h3-6,8-9H,7,10H2,1-2H3,(H,18,21). The normalized spacial score (nSPS) is 10.8. The number of thiazole rings is 2. The number of hydrogen-bond donors (Lipinski definition) is 1. The summed E-state index contributed by atoms with van der Waals surface area (Å²) in [5.41, 5.74) is 2.73. The number of carbonyl (C=O) groups is 1. The van der Waals surface area contributed by atoms with Gasteiger partial charge in [-0.25, -0.2) is 9.97 Å². The van der Waals surface area contributed by atoms with Crippen LogP contribution in [0.4, 0.5) is 0 Å². The number of aromatic nitrogens is 2. The van der Waals surface area contributed by atoms with E-state index in [0.29, 0.717) is 12.1 Å². The number of nitrogens with one attached hydrogen (secondary N) is 1. The van der Waals surface area contributed by atoms with Crippen molar-refractivity contribution < 1.29 is 4.79 Å². The molecule has 0 saturated heterocycles. The van der Waals surface area contributed by atoms with Crippen LogP contribution in [0, 0.1) is 13.8 Å². The molecule has 24 heavy (non-hydrogen) atoms. The van der Waals surface area contributed by atoms with Gasteiger partial charge in [0.25, 0.3) is 5.91 Å². The first-order valence-electron chi connectivity index (χ1n) is 7.44. The third-order valence-corrected chi connectivity index (χ3v) is 6.14. The summed E-state index contributed by atoms with van der Waals surface area (Å²) in [6, 6.07) is 7.68. The summed E-state index contributed by atoms with van der Waals surface area (Å²) in [7, 11) is 0. The predicted octanol–water partition coefficient (Wildman–Crippen LogP) is 4.44. The molecule has 3 aromatic rings. The molecule has 2 aromatic heterocycles. The van der Waals surface area contributed by atoms with E-state index in [1.807, 2.05) is 43.5 Å². The molecule has 0 aliphatic carbocycles. The van der Waals surface area contributed by atoms with Crippen molar-refractivity contribution in [2.45, 2.75) is 31.0 Å². The molecular formula is C17H17N3OS3. The van der Waals surface area contributed by atoms with Crippen LogP contribution in [0.15, 0.2) is 39.9 Å². The average molecular weight is 376 g/mol. The molecule has 124 valence electrons. The number of rotatable bonds is 6. The Hall–Kier alpha value is -1.70. The van der Waals surface area contributed by atoms with Crippen molar-refractivity contribution in [3.05, 3.63) is 62.0 Å². The van der Waals surface area contributed by atoms with Crippen LogP contribution in [-0.4, -0.2) is 15.9 Å². The van der Waals surface area contributed by atoms with Crippen LogP contribution in [0.25, 0.3) is 0 Å². The predicted molar refractivity (Wildman–Crippen MR) is 101 cm³/mol. The molecular weight excluding hydrogens is 358 g/mol. The van der Waals surface area contributed by atoms with Crippen LogP contribution in [0.3, 0.4) is 0 Å². The molecule has 0 spiro atoms. The van der Waals surface area contributed by atoms with E-state index in [9.17, 15) is 4.79 Å². The largest absolute Gasteiger partial charge is 0.345 e. The Kier molecular flexibility index (Phi) is 5.65. The van der Waals surface area contributed by atoms with Gasteiger partial charge in [-0.05, 0) is 26.0 Å². The number of aryl methyl sites for hydroxylation is 2. The maximum atomic E-state index is 12.5. The van der Waals surface area contributed by atoms with Crippen LogP contribution >= 0.6 is 34.4 Å². The smallest absolute Gasteiger partial charge is 0.252 e. The van der Waals surface area contributed by atoms with Crippen molar-refractivity contribution in [2.24, 2.45) is 0 Å². The highest BCUT2D eigenvalue weighted by atomic mass is 32.2. The lowest BCUT2D eigenvalue weighted by Gasteiger charge is -2.08. The van der Waals surface area contributed by atoms with Crippen LogP contribution in [0.1, 0.15) is 31.8 Å². The Labute approximate surface area is 153 Å². The second kappa shape index (κ2) is 7.92. The number of nitrogens with zero attached hydrogens (tertiary/aromatic N) is 2. The van der Waals surface area contributed by atoms with Gasteiger partial charge in [-0.15, -0.1) is 34.4 Å². The van der Waals surface area contributed by atoms with E-state index in [4.69, 9.17) is 0 Å². The van der Waals surface area contributed by atoms with Crippen LogP contribution in [0.5, 0.6) is 0 Å². The quantitative estimate of drug-likeness (QED) is 0.647. The fourth-order valence-electron chi connectivity index (χ4n) is 2.14. The molecule has 0 aliphatic rings. The molecule has 3 rings (SSSR count). The Morgan fingerprint density at radius 2 is 2.00 bits per heavy atom. The third kappa shape index (κ3) is 4.43. The van der Waals surface area contributed by atoms with Gasteiger partial charge in [-0.3, -0.25) is 4.79 Å². The van der Waals surface area contributed by atoms with Gasteiger partial charge in [-0.1, -0.05) is 12.1 Å². The summed E-state index contributed by atoms with van der Waals surface area (Å²) in [6.07, 6.45) is 0. The highest BCUT2D eigenvalue weighted by Crippen LogP contribution is 2.27. The molecule has 0 atom stereocenters. The van der Waals surface area contributed by atoms with Crippen molar-refractivity contribution in [1.82, 2.24) is 15.3 Å². The molecule has 7 heteroatoms. The fourth-order valence-corrected chi connectivity index (χ4v) is 4.51. The molecule has 0 aliphatic heterocycles. The van der Waals surface area contributed by atoms with Crippen LogP contribution in [-0.2, 0) is 12.3 Å². The topological polar surface area (TPSA) is 54.9 Å². The zero-order valence-corrected chi connectivity index (χ0v) is 15.9. The number of benzene rings is 1. The monoisotopic (exact) mass is 375 g/mol. The lowest BCUT2D eigenvalue weighted by molar-refractivity contribution is 0.0948. The van der Waals surface area contributed by atoms with Crippen molar-refractivity contribution >= 4 is 40.3 Å². The zero-order chi connectivity index (χ0) is 16.9. The maximum absolute atomic E-state index is 12.5. The van der Waals surface area contributed by atoms with Gasteiger partial charge in [0.15, 0.2) is 0 Å². The van der Waals surface area contributed by atoms with E-state index in [0.717, 1.165) is 32.1 Å². The highest BCUT2D eigenvalue weighted by molar-refractivity contribution is 7.98. The lowest BCUT2D eigenvalue weighted by atomic mass is 10.2. The van der Waals surface area contributed by atoms with Gasteiger partial charge < -0.3 is 5.32 Å². The van der Waals surface area contributed by atoms with Gasteiger partial charge in [0, 0.05) is 27.1 Å². The first-order valence-corrected chi connectivity index (χ1v) is 10.2. The van der Waals surface area contributed by atoms with Gasteiger partial charge >= 0.3 is 0 Å².